The van der Waals surface area contributed by atoms with Gasteiger partial charge in [-0.05, 0) is 39.0 Å². The van der Waals surface area contributed by atoms with Crippen LogP contribution in [0.2, 0.25) is 0 Å². The van der Waals surface area contributed by atoms with Crippen LogP contribution in [-0.4, -0.2) is 25.3 Å². The molecule has 1 aliphatic heterocycles. The molecule has 2 aliphatic rings. The topological polar surface area (TPSA) is 50.5 Å². The van der Waals surface area contributed by atoms with E-state index in [1.807, 2.05) is 0 Å². The summed E-state index contributed by atoms with van der Waals surface area (Å²) in [5.74, 6) is 1.77. The molecule has 0 amide bonds. The Bertz CT molecular complexity index is 638. The second-order valence-electron chi connectivity index (χ2n) is 6.17. The third-order valence-corrected chi connectivity index (χ3v) is 7.37. The quantitative estimate of drug-likeness (QED) is 0.795. The van der Waals surface area contributed by atoms with Crippen molar-refractivity contribution in [2.75, 3.05) is 6.54 Å². The van der Waals surface area contributed by atoms with E-state index in [0.717, 1.165) is 25.7 Å². The lowest BCUT2D eigenvalue weighted by molar-refractivity contribution is 0.260. The molecule has 0 bridgehead atoms. The molecular weight excluding hydrogens is 310 g/mol. The van der Waals surface area contributed by atoms with Gasteiger partial charge in [0, 0.05) is 18.2 Å². The molecule has 0 radical (unpaired) electrons. The Balaban J connectivity index is 2.01. The summed E-state index contributed by atoms with van der Waals surface area (Å²) < 4.78 is 33.5. The Kier molecular flexibility index (Phi) is 4.10. The number of furan rings is 1. The molecule has 0 aromatic carbocycles. The molecule has 2 atom stereocenters. The number of aryl methyl sites for hydroxylation is 2. The van der Waals surface area contributed by atoms with Crippen LogP contribution in [0, 0.1) is 19.8 Å². The summed E-state index contributed by atoms with van der Waals surface area (Å²) >= 11 is 5.96. The van der Waals surface area contributed by atoms with Crippen LogP contribution in [0.5, 0.6) is 0 Å². The number of nitrogens with zero attached hydrogens (tertiary/aromatic N) is 1. The van der Waals surface area contributed by atoms with Gasteiger partial charge in [0.2, 0.25) is 10.0 Å². The van der Waals surface area contributed by atoms with E-state index in [2.05, 4.69) is 0 Å². The predicted octanol–water partition coefficient (Wildman–Crippen LogP) is 3.59. The SMILES string of the molecule is Cc1oc(C)c(S(=O)(=O)N2CCC3CCCCC32)c1CCl. The van der Waals surface area contributed by atoms with Crippen LogP contribution >= 0.6 is 11.6 Å². The average molecular weight is 332 g/mol. The minimum Gasteiger partial charge on any atom is -0.465 e. The van der Waals surface area contributed by atoms with Gasteiger partial charge in [0.25, 0.3) is 0 Å². The molecular formula is C15H22ClNO3S. The van der Waals surface area contributed by atoms with E-state index in [4.69, 9.17) is 16.0 Å². The highest BCUT2D eigenvalue weighted by Crippen LogP contribution is 2.41. The average Bonchev–Trinajstić information content (AvgIpc) is 2.99. The second-order valence-corrected chi connectivity index (χ2v) is 8.27. The lowest BCUT2D eigenvalue weighted by Gasteiger charge is -2.31. The number of fused-ring (bicyclic) bond motifs is 1. The van der Waals surface area contributed by atoms with Crippen molar-refractivity contribution >= 4 is 21.6 Å². The Morgan fingerprint density at radius 3 is 2.62 bits per heavy atom. The number of hydrogen-bond donors (Lipinski definition) is 0. The zero-order valence-corrected chi connectivity index (χ0v) is 14.1. The molecule has 1 aliphatic carbocycles. The van der Waals surface area contributed by atoms with Crippen molar-refractivity contribution in [3.8, 4) is 0 Å². The Labute approximate surface area is 131 Å². The number of rotatable bonds is 3. The van der Waals surface area contributed by atoms with E-state index >= 15 is 0 Å². The number of hydrogen-bond acceptors (Lipinski definition) is 3. The Morgan fingerprint density at radius 2 is 1.90 bits per heavy atom. The van der Waals surface area contributed by atoms with E-state index in [9.17, 15) is 8.42 Å². The number of sulfonamides is 1. The van der Waals surface area contributed by atoms with Gasteiger partial charge in [-0.2, -0.15) is 4.31 Å². The maximum absolute atomic E-state index is 13.1. The standard InChI is InChI=1S/C15H22ClNO3S/c1-10-13(9-16)15(11(2)20-10)21(18,19)17-8-7-12-5-3-4-6-14(12)17/h12,14H,3-9H2,1-2H3. The van der Waals surface area contributed by atoms with Gasteiger partial charge in [0.05, 0.1) is 5.88 Å². The van der Waals surface area contributed by atoms with E-state index in [-0.39, 0.29) is 11.9 Å². The van der Waals surface area contributed by atoms with Crippen molar-refractivity contribution in [3.05, 3.63) is 17.1 Å². The van der Waals surface area contributed by atoms with Crippen LogP contribution in [0.4, 0.5) is 0 Å². The summed E-state index contributed by atoms with van der Waals surface area (Å²) in [4.78, 5) is 0.307. The lowest BCUT2D eigenvalue weighted by atomic mass is 9.86. The van der Waals surface area contributed by atoms with Crippen molar-refractivity contribution in [3.63, 3.8) is 0 Å². The Morgan fingerprint density at radius 1 is 1.19 bits per heavy atom. The summed E-state index contributed by atoms with van der Waals surface area (Å²) in [6.45, 7) is 4.12. The van der Waals surface area contributed by atoms with Crippen molar-refractivity contribution < 1.29 is 12.8 Å². The minimum absolute atomic E-state index is 0.166. The third-order valence-electron chi connectivity index (χ3n) is 4.98. The smallest absolute Gasteiger partial charge is 0.247 e. The van der Waals surface area contributed by atoms with Crippen molar-refractivity contribution in [1.29, 1.82) is 0 Å². The highest BCUT2D eigenvalue weighted by atomic mass is 35.5. The van der Waals surface area contributed by atoms with Crippen LogP contribution < -0.4 is 0 Å². The summed E-state index contributed by atoms with van der Waals surface area (Å²) in [5, 5.41) is 0. The summed E-state index contributed by atoms with van der Waals surface area (Å²) in [6, 6.07) is 0.168. The molecule has 1 aromatic rings. The fourth-order valence-electron chi connectivity index (χ4n) is 3.98. The predicted molar refractivity (Wildman–Crippen MR) is 82.0 cm³/mol. The normalized spacial score (nSPS) is 27.0. The second kappa shape index (κ2) is 5.60. The molecule has 2 unspecified atom stereocenters. The first-order valence-corrected chi connectivity index (χ1v) is 9.61. The molecule has 118 valence electrons. The first kappa shape index (κ1) is 15.4. The molecule has 0 spiro atoms. The number of halogens is 1. The first-order valence-electron chi connectivity index (χ1n) is 7.63. The molecule has 2 fully saturated rings. The van der Waals surface area contributed by atoms with Gasteiger partial charge >= 0.3 is 0 Å². The molecule has 21 heavy (non-hydrogen) atoms. The van der Waals surface area contributed by atoms with Gasteiger partial charge in [-0.3, -0.25) is 0 Å². The number of alkyl halides is 1. The fourth-order valence-corrected chi connectivity index (χ4v) is 6.53. The van der Waals surface area contributed by atoms with Gasteiger partial charge in [0.15, 0.2) is 0 Å². The molecule has 2 heterocycles. The van der Waals surface area contributed by atoms with Gasteiger partial charge < -0.3 is 4.42 Å². The molecule has 1 saturated carbocycles. The summed E-state index contributed by atoms with van der Waals surface area (Å²) in [6.07, 6.45) is 5.47. The molecule has 0 N–H and O–H groups in total. The fraction of sp³-hybridized carbons (Fsp3) is 0.733. The van der Waals surface area contributed by atoms with Crippen molar-refractivity contribution in [1.82, 2.24) is 4.31 Å². The van der Waals surface area contributed by atoms with E-state index in [1.54, 1.807) is 18.2 Å². The Hall–Kier alpha value is -0.520. The van der Waals surface area contributed by atoms with Crippen LogP contribution in [-0.2, 0) is 15.9 Å². The third kappa shape index (κ3) is 2.43. The monoisotopic (exact) mass is 331 g/mol. The first-order chi connectivity index (χ1) is 9.96. The van der Waals surface area contributed by atoms with E-state index < -0.39 is 10.0 Å². The maximum atomic E-state index is 13.1. The van der Waals surface area contributed by atoms with Gasteiger partial charge in [0.1, 0.15) is 16.4 Å². The maximum Gasteiger partial charge on any atom is 0.247 e. The zero-order valence-electron chi connectivity index (χ0n) is 12.6. The highest BCUT2D eigenvalue weighted by Gasteiger charge is 2.44. The molecule has 4 nitrogen and oxygen atoms in total. The summed E-state index contributed by atoms with van der Waals surface area (Å²) in [5.41, 5.74) is 0.619. The van der Waals surface area contributed by atoms with Crippen LogP contribution in [0.3, 0.4) is 0 Å². The van der Waals surface area contributed by atoms with Crippen LogP contribution in [0.15, 0.2) is 9.31 Å². The molecule has 1 aromatic heterocycles. The van der Waals surface area contributed by atoms with Crippen molar-refractivity contribution in [2.45, 2.75) is 62.8 Å². The van der Waals surface area contributed by atoms with E-state index in [1.165, 1.54) is 6.42 Å². The van der Waals surface area contributed by atoms with Gasteiger partial charge in [-0.1, -0.05) is 12.8 Å². The van der Waals surface area contributed by atoms with Crippen LogP contribution in [0.1, 0.15) is 49.2 Å². The lowest BCUT2D eigenvalue weighted by Crippen LogP contribution is -2.39. The highest BCUT2D eigenvalue weighted by molar-refractivity contribution is 7.89. The molecule has 1 saturated heterocycles. The zero-order chi connectivity index (χ0) is 15.2. The minimum atomic E-state index is -3.51. The largest absolute Gasteiger partial charge is 0.465 e. The molecule has 6 heteroatoms. The van der Waals surface area contributed by atoms with Gasteiger partial charge in [-0.15, -0.1) is 11.6 Å². The molecule has 3 rings (SSSR count). The van der Waals surface area contributed by atoms with Crippen LogP contribution in [0.25, 0.3) is 0 Å². The van der Waals surface area contributed by atoms with Crippen molar-refractivity contribution in [2.24, 2.45) is 5.92 Å². The van der Waals surface area contributed by atoms with Gasteiger partial charge in [-0.25, -0.2) is 8.42 Å². The van der Waals surface area contributed by atoms with E-state index in [0.29, 0.717) is 34.4 Å². The summed E-state index contributed by atoms with van der Waals surface area (Å²) in [7, 11) is -3.51.